The Morgan fingerprint density at radius 2 is 1.46 bits per heavy atom. The monoisotopic (exact) mass is 671 g/mol. The first-order valence-electron chi connectivity index (χ1n) is 14.4. The number of hydrogen-bond donors (Lipinski definition) is 5. The third kappa shape index (κ3) is 8.85. The number of amides is 3. The van der Waals surface area contributed by atoms with E-state index >= 15 is 0 Å². The lowest BCUT2D eigenvalue weighted by Crippen LogP contribution is -2.30. The Morgan fingerprint density at radius 1 is 0.792 bits per heavy atom. The van der Waals surface area contributed by atoms with Gasteiger partial charge < -0.3 is 40.4 Å². The fourth-order valence-corrected chi connectivity index (χ4v) is 5.35. The molecule has 0 radical (unpaired) electrons. The second kappa shape index (κ2) is 16.1. The Hall–Kier alpha value is -5.95. The van der Waals surface area contributed by atoms with E-state index in [1.807, 2.05) is 0 Å². The molecule has 4 aromatic rings. The average molecular weight is 672 g/mol. The minimum atomic E-state index is -1.33. The van der Waals surface area contributed by atoms with E-state index in [-0.39, 0.29) is 16.9 Å². The quantitative estimate of drug-likeness (QED) is 0.0680. The largest absolute Gasteiger partial charge is 0.507 e. The predicted octanol–water partition coefficient (Wildman–Crippen LogP) is 5.65. The summed E-state index contributed by atoms with van der Waals surface area (Å²) in [5.41, 5.74) is 1.03. The summed E-state index contributed by atoms with van der Waals surface area (Å²) >= 11 is 1.20. The molecule has 4 rings (SSSR count). The van der Waals surface area contributed by atoms with Gasteiger partial charge in [0.1, 0.15) is 17.0 Å². The van der Waals surface area contributed by atoms with Crippen LogP contribution in [0.15, 0.2) is 95.5 Å². The summed E-state index contributed by atoms with van der Waals surface area (Å²) in [6.07, 6.45) is 1.48. The number of hydrogen-bond acceptors (Lipinski definition) is 9. The highest BCUT2D eigenvalue weighted by Gasteiger charge is 2.20. The summed E-state index contributed by atoms with van der Waals surface area (Å²) in [5.74, 6) is -2.20. The van der Waals surface area contributed by atoms with Crippen molar-refractivity contribution in [1.29, 1.82) is 0 Å². The van der Waals surface area contributed by atoms with Crippen LogP contribution in [0.2, 0.25) is 0 Å². The van der Waals surface area contributed by atoms with E-state index in [2.05, 4.69) is 16.0 Å². The van der Waals surface area contributed by atoms with Crippen molar-refractivity contribution in [3.05, 3.63) is 107 Å². The van der Waals surface area contributed by atoms with E-state index in [1.54, 1.807) is 73.7 Å². The number of rotatable bonds is 13. The highest BCUT2D eigenvalue weighted by atomic mass is 32.2. The Bertz CT molecular complexity index is 1840. The molecule has 0 saturated carbocycles. The molecule has 0 aliphatic heterocycles. The molecule has 3 amide bonds. The van der Waals surface area contributed by atoms with Crippen LogP contribution >= 0.6 is 11.8 Å². The van der Waals surface area contributed by atoms with Crippen LogP contribution in [0.25, 0.3) is 6.08 Å². The van der Waals surface area contributed by atoms with E-state index in [0.717, 1.165) is 0 Å². The van der Waals surface area contributed by atoms with E-state index < -0.39 is 34.7 Å². The van der Waals surface area contributed by atoms with Gasteiger partial charge >= 0.3 is 5.97 Å². The number of aromatic hydroxyl groups is 1. The van der Waals surface area contributed by atoms with Crippen LogP contribution in [-0.2, 0) is 9.59 Å². The molecule has 5 N–H and O–H groups in total. The maximum atomic E-state index is 13.6. The van der Waals surface area contributed by atoms with E-state index in [9.17, 15) is 29.4 Å². The van der Waals surface area contributed by atoms with Gasteiger partial charge in [0, 0.05) is 21.8 Å². The van der Waals surface area contributed by atoms with E-state index in [1.165, 1.54) is 57.4 Å². The summed E-state index contributed by atoms with van der Waals surface area (Å²) < 4.78 is 16.3. The molecule has 0 aliphatic rings. The molecule has 0 aromatic heterocycles. The number of carboxylic acids is 1. The number of carbonyl (C=O) groups excluding carboxylic acids is 3. The lowest BCUT2D eigenvalue weighted by atomic mass is 10.1. The van der Waals surface area contributed by atoms with Crippen molar-refractivity contribution in [2.75, 3.05) is 32.0 Å². The summed E-state index contributed by atoms with van der Waals surface area (Å²) in [4.78, 5) is 51.6. The van der Waals surface area contributed by atoms with Gasteiger partial charge in [0.2, 0.25) is 11.7 Å². The maximum absolute atomic E-state index is 13.6. The zero-order valence-electron chi connectivity index (χ0n) is 26.4. The highest BCUT2D eigenvalue weighted by Crippen LogP contribution is 2.38. The Morgan fingerprint density at radius 3 is 2.08 bits per heavy atom. The lowest BCUT2D eigenvalue weighted by molar-refractivity contribution is -0.115. The molecule has 4 aromatic carbocycles. The van der Waals surface area contributed by atoms with Crippen molar-refractivity contribution in [3.63, 3.8) is 0 Å². The molecule has 0 bridgehead atoms. The minimum absolute atomic E-state index is 0.0708. The molecular weight excluding hydrogens is 638 g/mol. The third-order valence-corrected chi connectivity index (χ3v) is 7.89. The molecule has 1 unspecified atom stereocenters. The van der Waals surface area contributed by atoms with Crippen LogP contribution in [0.1, 0.15) is 33.2 Å². The molecule has 248 valence electrons. The number of aromatic carboxylic acids is 1. The van der Waals surface area contributed by atoms with E-state index in [0.29, 0.717) is 39.0 Å². The van der Waals surface area contributed by atoms with Crippen LogP contribution in [0, 0.1) is 0 Å². The molecule has 0 heterocycles. The van der Waals surface area contributed by atoms with Crippen LogP contribution in [0.4, 0.5) is 11.4 Å². The van der Waals surface area contributed by atoms with Crippen LogP contribution in [0.5, 0.6) is 23.0 Å². The van der Waals surface area contributed by atoms with Crippen molar-refractivity contribution >= 4 is 52.9 Å². The minimum Gasteiger partial charge on any atom is -0.507 e. The summed E-state index contributed by atoms with van der Waals surface area (Å²) in [7, 11) is 4.41. The Labute approximate surface area is 280 Å². The van der Waals surface area contributed by atoms with Crippen LogP contribution in [-0.4, -0.2) is 60.5 Å². The number of nitrogens with one attached hydrogen (secondary N) is 3. The highest BCUT2D eigenvalue weighted by molar-refractivity contribution is 8.00. The van der Waals surface area contributed by atoms with Gasteiger partial charge in [-0.05, 0) is 79.2 Å². The van der Waals surface area contributed by atoms with Crippen molar-refractivity contribution in [1.82, 2.24) is 5.32 Å². The third-order valence-electron chi connectivity index (χ3n) is 6.80. The van der Waals surface area contributed by atoms with Gasteiger partial charge in [-0.15, -0.1) is 11.8 Å². The van der Waals surface area contributed by atoms with Gasteiger partial charge in [-0.25, -0.2) is 4.79 Å². The molecular formula is C35H33N3O9S. The fraction of sp³-hybridized carbons (Fsp3) is 0.143. The van der Waals surface area contributed by atoms with Crippen molar-refractivity contribution in [3.8, 4) is 23.0 Å². The van der Waals surface area contributed by atoms with Gasteiger partial charge in [-0.3, -0.25) is 14.4 Å². The topological polar surface area (TPSA) is 173 Å². The number of carboxylic acid groups (broad SMARTS) is 1. The van der Waals surface area contributed by atoms with Crippen LogP contribution < -0.4 is 30.2 Å². The van der Waals surface area contributed by atoms with Gasteiger partial charge in [-0.1, -0.05) is 24.3 Å². The Balaban J connectivity index is 1.55. The fourth-order valence-electron chi connectivity index (χ4n) is 4.43. The van der Waals surface area contributed by atoms with E-state index in [4.69, 9.17) is 14.2 Å². The number of ether oxygens (including phenoxy) is 3. The molecule has 0 spiro atoms. The SMILES string of the molecule is COc1cc(/C=C(/NC(=O)c2ccccc2)C(=O)Nc2cccc(SC(C)C(=O)Nc3ccc(O)c(C(=O)O)c3)c2)cc(OC)c1OC. The normalized spacial score (nSPS) is 11.5. The summed E-state index contributed by atoms with van der Waals surface area (Å²) in [5, 5.41) is 26.5. The van der Waals surface area contributed by atoms with Crippen LogP contribution in [0.3, 0.4) is 0 Å². The molecule has 48 heavy (non-hydrogen) atoms. The number of thioether (sulfide) groups is 1. The Kier molecular flexibility index (Phi) is 11.7. The first-order valence-corrected chi connectivity index (χ1v) is 15.2. The first kappa shape index (κ1) is 34.9. The van der Waals surface area contributed by atoms with Crippen molar-refractivity contribution in [2.45, 2.75) is 17.1 Å². The molecule has 1 atom stereocenters. The lowest BCUT2D eigenvalue weighted by Gasteiger charge is -2.15. The molecule has 0 fully saturated rings. The first-order chi connectivity index (χ1) is 23.0. The number of carbonyl (C=O) groups is 4. The second-order valence-electron chi connectivity index (χ2n) is 10.1. The van der Waals surface area contributed by atoms with Crippen molar-refractivity contribution < 1.29 is 43.6 Å². The van der Waals surface area contributed by atoms with Crippen molar-refractivity contribution in [2.24, 2.45) is 0 Å². The number of benzene rings is 4. The van der Waals surface area contributed by atoms with Gasteiger partial charge in [0.25, 0.3) is 11.8 Å². The summed E-state index contributed by atoms with van der Waals surface area (Å²) in [6, 6.07) is 22.2. The smallest absolute Gasteiger partial charge is 0.339 e. The molecule has 0 aliphatic carbocycles. The van der Waals surface area contributed by atoms with Gasteiger partial charge in [0.05, 0.1) is 26.6 Å². The number of methoxy groups -OCH3 is 3. The van der Waals surface area contributed by atoms with Gasteiger partial charge in [0.15, 0.2) is 11.5 Å². The molecule has 13 heteroatoms. The number of anilines is 2. The summed E-state index contributed by atoms with van der Waals surface area (Å²) in [6.45, 7) is 1.67. The second-order valence-corrected chi connectivity index (χ2v) is 11.5. The molecule has 12 nitrogen and oxygen atoms in total. The number of phenols is 1. The van der Waals surface area contributed by atoms with Gasteiger partial charge in [-0.2, -0.15) is 0 Å². The zero-order valence-corrected chi connectivity index (χ0v) is 27.2. The standard InChI is InChI=1S/C35H33N3O9S/c1-20(32(40)36-24-13-14-28(39)26(19-24)35(43)44)48-25-12-8-11-23(18-25)37-34(42)27(38-33(41)22-9-6-5-7-10-22)15-21-16-29(45-2)31(47-4)30(17-21)46-3/h5-20,39H,1-4H3,(H,36,40)(H,37,42)(H,38,41)(H,43,44)/b27-15+. The molecule has 0 saturated heterocycles. The zero-order chi connectivity index (χ0) is 34.8. The average Bonchev–Trinajstić information content (AvgIpc) is 3.08. The predicted molar refractivity (Wildman–Crippen MR) is 182 cm³/mol. The maximum Gasteiger partial charge on any atom is 0.339 e.